The second kappa shape index (κ2) is 8.19. The lowest BCUT2D eigenvalue weighted by atomic mass is 10.1. The van der Waals surface area contributed by atoms with Gasteiger partial charge < -0.3 is 9.88 Å². The summed E-state index contributed by atoms with van der Waals surface area (Å²) in [5, 5.41) is 8.27. The first-order chi connectivity index (χ1) is 13.7. The average molecular weight is 375 g/mol. The lowest BCUT2D eigenvalue weighted by molar-refractivity contribution is 0.597. The van der Waals surface area contributed by atoms with Crippen LogP contribution in [0.25, 0.3) is 16.9 Å². The van der Waals surface area contributed by atoms with E-state index in [2.05, 4.69) is 35.4 Å². The molecule has 4 aromatic rings. The van der Waals surface area contributed by atoms with E-state index >= 15 is 0 Å². The largest absolute Gasteiger partial charge is 0.336 e. The van der Waals surface area contributed by atoms with Gasteiger partial charge in [0.25, 0.3) is 0 Å². The van der Waals surface area contributed by atoms with Crippen molar-refractivity contribution in [2.75, 3.05) is 6.54 Å². The van der Waals surface area contributed by atoms with Gasteiger partial charge in [-0.15, -0.1) is 0 Å². The molecule has 0 spiro atoms. The molecule has 0 amide bonds. The van der Waals surface area contributed by atoms with Crippen LogP contribution in [0.5, 0.6) is 0 Å². The minimum Gasteiger partial charge on any atom is -0.336 e. The smallest absolute Gasteiger partial charge is 0.123 e. The topological polar surface area (TPSA) is 47.7 Å². The fourth-order valence-corrected chi connectivity index (χ4v) is 3.15. The zero-order valence-corrected chi connectivity index (χ0v) is 15.7. The Labute approximate surface area is 163 Å². The predicted octanol–water partition coefficient (Wildman–Crippen LogP) is 3.97. The predicted molar refractivity (Wildman–Crippen MR) is 108 cm³/mol. The van der Waals surface area contributed by atoms with Gasteiger partial charge in [-0.3, -0.25) is 0 Å². The van der Waals surface area contributed by atoms with Crippen LogP contribution in [0, 0.1) is 12.7 Å². The number of nitrogens with zero attached hydrogens (tertiary/aromatic N) is 4. The maximum Gasteiger partial charge on any atom is 0.123 e. The average Bonchev–Trinajstić information content (AvgIpc) is 3.36. The molecule has 2 aromatic heterocycles. The van der Waals surface area contributed by atoms with E-state index < -0.39 is 0 Å². The summed E-state index contributed by atoms with van der Waals surface area (Å²) in [5.74, 6) is -0.254. The van der Waals surface area contributed by atoms with Crippen molar-refractivity contribution in [2.24, 2.45) is 0 Å². The maximum atomic E-state index is 13.3. The number of aromatic nitrogens is 4. The molecule has 28 heavy (non-hydrogen) atoms. The van der Waals surface area contributed by atoms with Crippen LogP contribution in [0.15, 0.2) is 73.4 Å². The standard InChI is InChI=1S/C22H22FN5/c1-17-3-2-4-18(13-17)22-19(14-24-9-11-27-12-10-25-16-27)15-28(26-22)21-7-5-20(23)6-8-21/h2-8,10,12-13,15-16,24H,9,11,14H2,1H3. The van der Waals surface area contributed by atoms with Crippen LogP contribution in [-0.2, 0) is 13.1 Å². The van der Waals surface area contributed by atoms with E-state index in [-0.39, 0.29) is 5.82 Å². The fraction of sp³-hybridized carbons (Fsp3) is 0.182. The van der Waals surface area contributed by atoms with Crippen LogP contribution in [0.3, 0.4) is 0 Å². The molecule has 4 rings (SSSR count). The molecule has 0 saturated carbocycles. The van der Waals surface area contributed by atoms with Crippen molar-refractivity contribution in [1.29, 1.82) is 0 Å². The van der Waals surface area contributed by atoms with Crippen molar-refractivity contribution in [3.8, 4) is 16.9 Å². The number of hydrogen-bond donors (Lipinski definition) is 1. The van der Waals surface area contributed by atoms with Gasteiger partial charge in [0.1, 0.15) is 5.82 Å². The Bertz CT molecular complexity index is 1040. The van der Waals surface area contributed by atoms with Gasteiger partial charge >= 0.3 is 0 Å². The van der Waals surface area contributed by atoms with Gasteiger partial charge in [-0.1, -0.05) is 23.8 Å². The molecule has 6 heteroatoms. The van der Waals surface area contributed by atoms with Crippen LogP contribution in [0.2, 0.25) is 0 Å². The highest BCUT2D eigenvalue weighted by Crippen LogP contribution is 2.24. The Kier molecular flexibility index (Phi) is 5.30. The van der Waals surface area contributed by atoms with Crippen LogP contribution >= 0.6 is 0 Å². The molecule has 0 aliphatic heterocycles. The third kappa shape index (κ3) is 4.18. The van der Waals surface area contributed by atoms with Crippen molar-refractivity contribution in [3.63, 3.8) is 0 Å². The Hall–Kier alpha value is -3.25. The van der Waals surface area contributed by atoms with Crippen LogP contribution < -0.4 is 5.32 Å². The van der Waals surface area contributed by atoms with Gasteiger partial charge in [0, 0.05) is 49.4 Å². The van der Waals surface area contributed by atoms with Crippen molar-refractivity contribution in [1.82, 2.24) is 24.6 Å². The van der Waals surface area contributed by atoms with E-state index in [0.29, 0.717) is 6.54 Å². The highest BCUT2D eigenvalue weighted by molar-refractivity contribution is 5.64. The van der Waals surface area contributed by atoms with Crippen LogP contribution in [0.1, 0.15) is 11.1 Å². The zero-order valence-electron chi connectivity index (χ0n) is 15.7. The monoisotopic (exact) mass is 375 g/mol. The van der Waals surface area contributed by atoms with E-state index in [1.165, 1.54) is 17.7 Å². The highest BCUT2D eigenvalue weighted by Gasteiger charge is 2.12. The molecule has 0 aliphatic carbocycles. The van der Waals surface area contributed by atoms with Gasteiger partial charge in [0.2, 0.25) is 0 Å². The number of nitrogens with one attached hydrogen (secondary N) is 1. The van der Waals surface area contributed by atoms with Crippen molar-refractivity contribution < 1.29 is 4.39 Å². The van der Waals surface area contributed by atoms with Crippen molar-refractivity contribution in [3.05, 3.63) is 90.4 Å². The third-order valence-corrected chi connectivity index (χ3v) is 4.59. The number of hydrogen-bond acceptors (Lipinski definition) is 3. The Morgan fingerprint density at radius 1 is 1.11 bits per heavy atom. The number of halogens is 1. The van der Waals surface area contributed by atoms with E-state index in [9.17, 15) is 4.39 Å². The second-order valence-corrected chi connectivity index (χ2v) is 6.77. The van der Waals surface area contributed by atoms with Gasteiger partial charge in [0.15, 0.2) is 0 Å². The summed E-state index contributed by atoms with van der Waals surface area (Å²) in [6, 6.07) is 14.7. The van der Waals surface area contributed by atoms with Crippen LogP contribution in [0.4, 0.5) is 4.39 Å². The molecule has 0 fully saturated rings. The van der Waals surface area contributed by atoms with Gasteiger partial charge in [-0.2, -0.15) is 5.10 Å². The highest BCUT2D eigenvalue weighted by atomic mass is 19.1. The normalized spacial score (nSPS) is 11.1. The molecule has 0 unspecified atom stereocenters. The molecule has 5 nitrogen and oxygen atoms in total. The third-order valence-electron chi connectivity index (χ3n) is 4.59. The first kappa shape index (κ1) is 18.1. The van der Waals surface area contributed by atoms with Crippen molar-refractivity contribution in [2.45, 2.75) is 20.0 Å². The lowest BCUT2D eigenvalue weighted by Crippen LogP contribution is -2.19. The molecule has 2 heterocycles. The molecule has 0 bridgehead atoms. The molecular formula is C22H22FN5. The van der Waals surface area contributed by atoms with Gasteiger partial charge in [-0.25, -0.2) is 14.1 Å². The fourth-order valence-electron chi connectivity index (χ4n) is 3.15. The summed E-state index contributed by atoms with van der Waals surface area (Å²) in [4.78, 5) is 4.06. The number of aryl methyl sites for hydroxylation is 1. The molecular weight excluding hydrogens is 353 g/mol. The summed E-state index contributed by atoms with van der Waals surface area (Å²) < 4.78 is 17.1. The first-order valence-corrected chi connectivity index (χ1v) is 9.27. The minimum atomic E-state index is -0.254. The number of imidazole rings is 1. The minimum absolute atomic E-state index is 0.254. The Morgan fingerprint density at radius 3 is 2.71 bits per heavy atom. The summed E-state index contributed by atoms with van der Waals surface area (Å²) in [7, 11) is 0. The molecule has 1 N–H and O–H groups in total. The second-order valence-electron chi connectivity index (χ2n) is 6.77. The van der Waals surface area contributed by atoms with E-state index in [1.807, 2.05) is 34.0 Å². The molecule has 0 saturated heterocycles. The first-order valence-electron chi connectivity index (χ1n) is 9.27. The van der Waals surface area contributed by atoms with E-state index in [0.717, 1.165) is 35.6 Å². The number of rotatable bonds is 7. The SMILES string of the molecule is Cc1cccc(-c2nn(-c3ccc(F)cc3)cc2CNCCn2ccnc2)c1. The molecule has 142 valence electrons. The maximum absolute atomic E-state index is 13.3. The molecule has 0 aliphatic rings. The summed E-state index contributed by atoms with van der Waals surface area (Å²) >= 11 is 0. The Balaban J connectivity index is 1.58. The van der Waals surface area contributed by atoms with E-state index in [1.54, 1.807) is 18.3 Å². The summed E-state index contributed by atoms with van der Waals surface area (Å²) in [6.07, 6.45) is 7.55. The van der Waals surface area contributed by atoms with Gasteiger partial charge in [0.05, 0.1) is 17.7 Å². The Morgan fingerprint density at radius 2 is 1.96 bits per heavy atom. The van der Waals surface area contributed by atoms with Crippen molar-refractivity contribution >= 4 is 0 Å². The van der Waals surface area contributed by atoms with E-state index in [4.69, 9.17) is 5.10 Å². The zero-order chi connectivity index (χ0) is 19.3. The summed E-state index contributed by atoms with van der Waals surface area (Å²) in [5.41, 5.74) is 5.13. The molecule has 0 atom stereocenters. The molecule has 2 aromatic carbocycles. The number of benzene rings is 2. The summed E-state index contributed by atoms with van der Waals surface area (Å²) in [6.45, 7) is 4.44. The molecule has 0 radical (unpaired) electrons. The lowest BCUT2D eigenvalue weighted by Gasteiger charge is -2.06. The van der Waals surface area contributed by atoms with Crippen LogP contribution in [-0.4, -0.2) is 25.9 Å². The van der Waals surface area contributed by atoms with Gasteiger partial charge in [-0.05, 0) is 37.3 Å². The quantitative estimate of drug-likeness (QED) is 0.497.